The first kappa shape index (κ1) is 18.4. The van der Waals surface area contributed by atoms with E-state index in [1.165, 1.54) is 19.2 Å². The fourth-order valence-electron chi connectivity index (χ4n) is 1.80. The van der Waals surface area contributed by atoms with E-state index in [1.54, 1.807) is 18.2 Å². The second kappa shape index (κ2) is 8.25. The van der Waals surface area contributed by atoms with E-state index in [0.29, 0.717) is 11.5 Å². The Morgan fingerprint density at radius 2 is 1.96 bits per heavy atom. The molecule has 132 valence electrons. The van der Waals surface area contributed by atoms with Gasteiger partial charge >= 0.3 is 0 Å². The number of ether oxygens (including phenoxy) is 2. The minimum atomic E-state index is -0.666. The monoisotopic (exact) mass is 410 g/mol. The van der Waals surface area contributed by atoms with Crippen molar-refractivity contribution in [2.24, 2.45) is 5.10 Å². The molecule has 1 amide bonds. The third kappa shape index (κ3) is 4.77. The summed E-state index contributed by atoms with van der Waals surface area (Å²) in [7, 11) is 1.48. The molecular formula is C16H15BrN2O6. The fourth-order valence-corrected chi connectivity index (χ4v) is 2.14. The summed E-state index contributed by atoms with van der Waals surface area (Å²) in [4.78, 5) is 11.7. The quantitative estimate of drug-likeness (QED) is 0.328. The van der Waals surface area contributed by atoms with Crippen molar-refractivity contribution in [2.75, 3.05) is 13.7 Å². The predicted octanol–water partition coefficient (Wildman–Crippen LogP) is 2.10. The molecule has 0 saturated heterocycles. The summed E-state index contributed by atoms with van der Waals surface area (Å²) < 4.78 is 11.3. The van der Waals surface area contributed by atoms with Crippen molar-refractivity contribution in [3.63, 3.8) is 0 Å². The maximum Gasteiger partial charge on any atom is 0.277 e. The van der Waals surface area contributed by atoms with Gasteiger partial charge in [-0.15, -0.1) is 0 Å². The molecule has 0 atom stereocenters. The van der Waals surface area contributed by atoms with E-state index in [-0.39, 0.29) is 12.2 Å². The third-order valence-corrected chi connectivity index (χ3v) is 3.53. The first-order chi connectivity index (χ1) is 11.9. The summed E-state index contributed by atoms with van der Waals surface area (Å²) >= 11 is 3.30. The largest absolute Gasteiger partial charge is 0.504 e. The molecule has 0 aliphatic rings. The average molecular weight is 411 g/mol. The molecule has 0 unspecified atom stereocenters. The van der Waals surface area contributed by atoms with Crippen molar-refractivity contribution in [3.05, 3.63) is 40.4 Å². The Hall–Kier alpha value is -2.94. The van der Waals surface area contributed by atoms with Crippen molar-refractivity contribution >= 4 is 28.1 Å². The van der Waals surface area contributed by atoms with Crippen LogP contribution in [0.2, 0.25) is 0 Å². The van der Waals surface area contributed by atoms with Crippen molar-refractivity contribution < 1.29 is 29.6 Å². The van der Waals surface area contributed by atoms with Gasteiger partial charge in [0, 0.05) is 10.0 Å². The number of methoxy groups -OCH3 is 1. The van der Waals surface area contributed by atoms with E-state index in [4.69, 9.17) is 9.47 Å². The van der Waals surface area contributed by atoms with Gasteiger partial charge in [-0.1, -0.05) is 15.9 Å². The second-order valence-corrected chi connectivity index (χ2v) is 5.66. The van der Waals surface area contributed by atoms with Crippen LogP contribution in [-0.4, -0.2) is 41.2 Å². The molecule has 0 heterocycles. The molecule has 0 aliphatic heterocycles. The van der Waals surface area contributed by atoms with E-state index in [9.17, 15) is 20.1 Å². The van der Waals surface area contributed by atoms with Gasteiger partial charge in [0.05, 0.1) is 13.3 Å². The van der Waals surface area contributed by atoms with E-state index in [0.717, 1.165) is 10.7 Å². The van der Waals surface area contributed by atoms with Crippen LogP contribution in [0.5, 0.6) is 28.7 Å². The normalized spacial score (nSPS) is 10.6. The van der Waals surface area contributed by atoms with E-state index in [1.807, 2.05) is 0 Å². The highest BCUT2D eigenvalue weighted by molar-refractivity contribution is 9.10. The topological polar surface area (TPSA) is 121 Å². The molecule has 0 bridgehead atoms. The van der Waals surface area contributed by atoms with Crippen LogP contribution >= 0.6 is 15.9 Å². The zero-order valence-corrected chi connectivity index (χ0v) is 14.6. The number of aromatic hydroxyl groups is 3. The summed E-state index contributed by atoms with van der Waals surface area (Å²) in [6.45, 7) is -0.303. The Bertz CT molecular complexity index is 809. The number of carbonyl (C=O) groups excluding carboxylic acids is 1. The predicted molar refractivity (Wildman–Crippen MR) is 93.4 cm³/mol. The molecule has 9 heteroatoms. The van der Waals surface area contributed by atoms with E-state index in [2.05, 4.69) is 26.5 Å². The van der Waals surface area contributed by atoms with Crippen molar-refractivity contribution in [2.45, 2.75) is 0 Å². The van der Waals surface area contributed by atoms with Gasteiger partial charge < -0.3 is 24.8 Å². The van der Waals surface area contributed by atoms with Gasteiger partial charge in [-0.3, -0.25) is 4.79 Å². The number of carbonyl (C=O) groups is 1. The van der Waals surface area contributed by atoms with Crippen LogP contribution in [0.1, 0.15) is 5.56 Å². The first-order valence-electron chi connectivity index (χ1n) is 6.94. The number of halogens is 1. The summed E-state index contributed by atoms with van der Waals surface area (Å²) in [5, 5.41) is 31.9. The number of nitrogens with one attached hydrogen (secondary N) is 1. The molecule has 2 aromatic carbocycles. The van der Waals surface area contributed by atoms with Crippen LogP contribution in [0.15, 0.2) is 39.9 Å². The van der Waals surface area contributed by atoms with E-state index >= 15 is 0 Å². The Labute approximate surface area is 151 Å². The third-order valence-electron chi connectivity index (χ3n) is 3.04. The van der Waals surface area contributed by atoms with Gasteiger partial charge in [0.1, 0.15) is 0 Å². The first-order valence-corrected chi connectivity index (χ1v) is 7.73. The Morgan fingerprint density at radius 1 is 1.20 bits per heavy atom. The van der Waals surface area contributed by atoms with Gasteiger partial charge in [-0.25, -0.2) is 5.43 Å². The Balaban J connectivity index is 1.92. The zero-order chi connectivity index (χ0) is 18.4. The van der Waals surface area contributed by atoms with Crippen LogP contribution in [0.25, 0.3) is 0 Å². The summed E-state index contributed by atoms with van der Waals surface area (Å²) in [5.74, 6) is -1.35. The average Bonchev–Trinajstić information content (AvgIpc) is 2.60. The highest BCUT2D eigenvalue weighted by Crippen LogP contribution is 2.36. The lowest BCUT2D eigenvalue weighted by Gasteiger charge is -2.10. The lowest BCUT2D eigenvalue weighted by atomic mass is 10.2. The van der Waals surface area contributed by atoms with Crippen LogP contribution in [0, 0.1) is 0 Å². The molecule has 25 heavy (non-hydrogen) atoms. The number of hydrazone groups is 1. The van der Waals surface area contributed by atoms with Gasteiger partial charge in [0.2, 0.25) is 5.75 Å². The maximum absolute atomic E-state index is 11.7. The smallest absolute Gasteiger partial charge is 0.277 e. The lowest BCUT2D eigenvalue weighted by molar-refractivity contribution is -0.123. The minimum Gasteiger partial charge on any atom is -0.504 e. The SMILES string of the molecule is COc1cc(Br)ccc1OCC(=O)N/N=C/c1ccc(O)c(O)c1O. The molecule has 0 radical (unpaired) electrons. The number of phenols is 3. The number of hydrogen-bond acceptors (Lipinski definition) is 7. The number of rotatable bonds is 6. The van der Waals surface area contributed by atoms with Crippen molar-refractivity contribution in [1.82, 2.24) is 5.43 Å². The number of amides is 1. The Morgan fingerprint density at radius 3 is 2.68 bits per heavy atom. The highest BCUT2D eigenvalue weighted by atomic mass is 79.9. The maximum atomic E-state index is 11.7. The number of hydrogen-bond donors (Lipinski definition) is 4. The molecular weight excluding hydrogens is 396 g/mol. The van der Waals surface area contributed by atoms with E-state index < -0.39 is 23.2 Å². The summed E-state index contributed by atoms with van der Waals surface area (Å²) in [6, 6.07) is 7.60. The zero-order valence-electron chi connectivity index (χ0n) is 13.1. The second-order valence-electron chi connectivity index (χ2n) is 4.75. The van der Waals surface area contributed by atoms with Crippen LogP contribution < -0.4 is 14.9 Å². The van der Waals surface area contributed by atoms with Crippen LogP contribution in [-0.2, 0) is 4.79 Å². The van der Waals surface area contributed by atoms with Gasteiger partial charge in [-0.2, -0.15) is 5.10 Å². The fraction of sp³-hybridized carbons (Fsp3) is 0.125. The molecule has 2 aromatic rings. The molecule has 8 nitrogen and oxygen atoms in total. The molecule has 0 aromatic heterocycles. The molecule has 0 fully saturated rings. The number of benzene rings is 2. The summed E-state index contributed by atoms with van der Waals surface area (Å²) in [5.41, 5.74) is 2.33. The molecule has 4 N–H and O–H groups in total. The van der Waals surface area contributed by atoms with Gasteiger partial charge in [-0.05, 0) is 30.3 Å². The summed E-state index contributed by atoms with van der Waals surface area (Å²) in [6.07, 6.45) is 1.12. The number of nitrogens with zero attached hydrogens (tertiary/aromatic N) is 1. The molecule has 0 saturated carbocycles. The molecule has 2 rings (SSSR count). The number of phenolic OH excluding ortho intramolecular Hbond substituents is 3. The minimum absolute atomic E-state index is 0.117. The molecule has 0 aliphatic carbocycles. The van der Waals surface area contributed by atoms with Crippen LogP contribution in [0.3, 0.4) is 0 Å². The van der Waals surface area contributed by atoms with Gasteiger partial charge in [0.25, 0.3) is 5.91 Å². The van der Waals surface area contributed by atoms with Crippen LogP contribution in [0.4, 0.5) is 0 Å². The Kier molecular flexibility index (Phi) is 6.07. The highest BCUT2D eigenvalue weighted by Gasteiger charge is 2.10. The standard InChI is InChI=1S/C16H15BrN2O6/c1-24-13-6-10(17)3-5-12(13)25-8-14(21)19-18-7-9-2-4-11(20)16(23)15(9)22/h2-7,20,22-23H,8H2,1H3,(H,19,21)/b18-7+. The van der Waals surface area contributed by atoms with Crippen molar-refractivity contribution in [1.29, 1.82) is 0 Å². The molecule has 0 spiro atoms. The van der Waals surface area contributed by atoms with Gasteiger partial charge in [0.15, 0.2) is 29.6 Å². The lowest BCUT2D eigenvalue weighted by Crippen LogP contribution is -2.24. The van der Waals surface area contributed by atoms with Crippen molar-refractivity contribution in [3.8, 4) is 28.7 Å².